The normalized spacial score (nSPS) is 12.6. The lowest BCUT2D eigenvalue weighted by atomic mass is 10.1. The lowest BCUT2D eigenvalue weighted by molar-refractivity contribution is 0.372. The molecule has 5 heteroatoms. The molecule has 2 rings (SSSR count). The number of hydrogen-bond donors (Lipinski definition) is 1. The maximum absolute atomic E-state index is 13.4. The fourth-order valence-corrected chi connectivity index (χ4v) is 1.80. The highest BCUT2D eigenvalue weighted by atomic mass is 19.1. The highest BCUT2D eigenvalue weighted by molar-refractivity contribution is 5.18. The predicted octanol–water partition coefficient (Wildman–Crippen LogP) is 1.97. The van der Waals surface area contributed by atoms with Crippen molar-refractivity contribution in [1.29, 1.82) is 0 Å². The van der Waals surface area contributed by atoms with Crippen LogP contribution in [0.4, 0.5) is 4.39 Å². The molecule has 0 saturated heterocycles. The molecular formula is C13H16FN3O. The van der Waals surface area contributed by atoms with Crippen LogP contribution in [0.3, 0.4) is 0 Å². The lowest BCUT2D eigenvalue weighted by Crippen LogP contribution is -2.30. The Morgan fingerprint density at radius 2 is 2.22 bits per heavy atom. The molecule has 2 aromatic rings. The molecule has 96 valence electrons. The van der Waals surface area contributed by atoms with Gasteiger partial charge in [-0.15, -0.1) is 0 Å². The Morgan fingerprint density at radius 1 is 1.39 bits per heavy atom. The molecule has 1 heterocycles. The first-order valence-corrected chi connectivity index (χ1v) is 5.98. The van der Waals surface area contributed by atoms with Gasteiger partial charge in [0.25, 0.3) is 0 Å². The molecule has 0 fully saturated rings. The fourth-order valence-electron chi connectivity index (χ4n) is 1.80. The van der Waals surface area contributed by atoms with Gasteiger partial charge in [0.2, 0.25) is 5.89 Å². The van der Waals surface area contributed by atoms with Crippen LogP contribution in [0.15, 0.2) is 35.1 Å². The molecule has 18 heavy (non-hydrogen) atoms. The molecule has 0 spiro atoms. The third kappa shape index (κ3) is 3.63. The minimum absolute atomic E-state index is 0.150. The molecule has 0 aliphatic rings. The van der Waals surface area contributed by atoms with Gasteiger partial charge in [-0.25, -0.2) is 4.39 Å². The summed E-state index contributed by atoms with van der Waals surface area (Å²) in [6.45, 7) is 2.76. The van der Waals surface area contributed by atoms with Crippen LogP contribution in [0.2, 0.25) is 0 Å². The minimum Gasteiger partial charge on any atom is -0.340 e. The number of aromatic nitrogens is 2. The zero-order valence-electron chi connectivity index (χ0n) is 10.3. The van der Waals surface area contributed by atoms with Crippen molar-refractivity contribution in [2.24, 2.45) is 0 Å². The molecule has 0 amide bonds. The summed E-state index contributed by atoms with van der Waals surface area (Å²) in [5.74, 6) is 0.462. The van der Waals surface area contributed by atoms with Gasteiger partial charge in [0, 0.05) is 19.0 Å². The summed E-state index contributed by atoms with van der Waals surface area (Å²) in [6, 6.07) is 7.05. The molecule has 0 bridgehead atoms. The molecule has 1 N–H and O–H groups in total. The molecular weight excluding hydrogens is 233 g/mol. The van der Waals surface area contributed by atoms with Crippen molar-refractivity contribution >= 4 is 0 Å². The van der Waals surface area contributed by atoms with Crippen LogP contribution in [0, 0.1) is 5.82 Å². The first kappa shape index (κ1) is 12.7. The van der Waals surface area contributed by atoms with Crippen LogP contribution in [-0.4, -0.2) is 22.7 Å². The van der Waals surface area contributed by atoms with Crippen molar-refractivity contribution in [3.05, 3.63) is 47.9 Å². The summed E-state index contributed by atoms with van der Waals surface area (Å²) >= 11 is 0. The molecule has 0 aliphatic carbocycles. The summed E-state index contributed by atoms with van der Waals surface area (Å²) in [7, 11) is 0. The van der Waals surface area contributed by atoms with Crippen LogP contribution in [-0.2, 0) is 12.8 Å². The van der Waals surface area contributed by atoms with Gasteiger partial charge in [-0.3, -0.25) is 0 Å². The zero-order valence-corrected chi connectivity index (χ0v) is 10.3. The average Bonchev–Trinajstić information content (AvgIpc) is 2.85. The van der Waals surface area contributed by atoms with Crippen LogP contribution in [0.25, 0.3) is 0 Å². The molecule has 0 radical (unpaired) electrons. The first-order chi connectivity index (χ1) is 8.75. The number of halogens is 1. The van der Waals surface area contributed by atoms with Crippen molar-refractivity contribution < 1.29 is 8.91 Å². The highest BCUT2D eigenvalue weighted by Crippen LogP contribution is 2.08. The third-order valence-corrected chi connectivity index (χ3v) is 2.72. The number of nitrogens with one attached hydrogen (secondary N) is 1. The molecule has 1 aromatic carbocycles. The monoisotopic (exact) mass is 249 g/mol. The van der Waals surface area contributed by atoms with Crippen molar-refractivity contribution in [3.8, 4) is 0 Å². The largest absolute Gasteiger partial charge is 0.340 e. The van der Waals surface area contributed by atoms with Gasteiger partial charge in [0.05, 0.1) is 0 Å². The topological polar surface area (TPSA) is 51.0 Å². The Hall–Kier alpha value is -1.75. The van der Waals surface area contributed by atoms with E-state index in [0.29, 0.717) is 18.7 Å². The van der Waals surface area contributed by atoms with Gasteiger partial charge in [-0.05, 0) is 25.0 Å². The van der Waals surface area contributed by atoms with Gasteiger partial charge >= 0.3 is 0 Å². The van der Waals surface area contributed by atoms with Gasteiger partial charge in [-0.1, -0.05) is 23.4 Å². The Kier molecular flexibility index (Phi) is 4.41. The Morgan fingerprint density at radius 3 is 2.94 bits per heavy atom. The van der Waals surface area contributed by atoms with E-state index in [0.717, 1.165) is 12.1 Å². The summed E-state index contributed by atoms with van der Waals surface area (Å²) in [5.41, 5.74) is 0.732. The average molecular weight is 249 g/mol. The Bertz CT molecular complexity index is 473. The van der Waals surface area contributed by atoms with Crippen LogP contribution >= 0.6 is 0 Å². The van der Waals surface area contributed by atoms with Crippen LogP contribution in [0.1, 0.15) is 18.4 Å². The van der Waals surface area contributed by atoms with Crippen LogP contribution in [0.5, 0.6) is 0 Å². The maximum Gasteiger partial charge on any atom is 0.227 e. The third-order valence-electron chi connectivity index (χ3n) is 2.72. The minimum atomic E-state index is -0.150. The molecule has 1 unspecified atom stereocenters. The van der Waals surface area contributed by atoms with Crippen molar-refractivity contribution in [2.75, 3.05) is 6.54 Å². The van der Waals surface area contributed by atoms with Gasteiger partial charge < -0.3 is 9.84 Å². The van der Waals surface area contributed by atoms with Gasteiger partial charge in [0.1, 0.15) is 5.82 Å². The fraction of sp³-hybridized carbons (Fsp3) is 0.385. The lowest BCUT2D eigenvalue weighted by Gasteiger charge is -2.13. The molecule has 0 aliphatic heterocycles. The molecule has 0 saturated carbocycles. The van der Waals surface area contributed by atoms with E-state index in [1.54, 1.807) is 6.07 Å². The second kappa shape index (κ2) is 6.26. The van der Waals surface area contributed by atoms with Crippen molar-refractivity contribution in [1.82, 2.24) is 15.5 Å². The van der Waals surface area contributed by atoms with Crippen molar-refractivity contribution in [2.45, 2.75) is 25.8 Å². The van der Waals surface area contributed by atoms with Gasteiger partial charge in [-0.2, -0.15) is 4.98 Å². The summed E-state index contributed by atoms with van der Waals surface area (Å²) < 4.78 is 18.3. The van der Waals surface area contributed by atoms with E-state index < -0.39 is 0 Å². The summed E-state index contributed by atoms with van der Waals surface area (Å²) in [5, 5.41) is 6.84. The summed E-state index contributed by atoms with van der Waals surface area (Å²) in [6.07, 6.45) is 2.73. The molecule has 4 nitrogen and oxygen atoms in total. The van der Waals surface area contributed by atoms with Gasteiger partial charge in [0.15, 0.2) is 6.33 Å². The predicted molar refractivity (Wildman–Crippen MR) is 65.6 cm³/mol. The van der Waals surface area contributed by atoms with E-state index in [9.17, 15) is 4.39 Å². The SMILES string of the molecule is CC(Cc1ccccc1F)NCCc1ncno1. The van der Waals surface area contributed by atoms with E-state index in [1.807, 2.05) is 19.1 Å². The molecule has 1 atom stereocenters. The first-order valence-electron chi connectivity index (χ1n) is 5.98. The Labute approximate surface area is 105 Å². The quantitative estimate of drug-likeness (QED) is 0.850. The Balaban J connectivity index is 1.75. The second-order valence-corrected chi connectivity index (χ2v) is 4.24. The number of hydrogen-bond acceptors (Lipinski definition) is 4. The highest BCUT2D eigenvalue weighted by Gasteiger charge is 2.07. The smallest absolute Gasteiger partial charge is 0.227 e. The number of nitrogens with zero attached hydrogens (tertiary/aromatic N) is 2. The van der Waals surface area contributed by atoms with E-state index in [-0.39, 0.29) is 11.9 Å². The van der Waals surface area contributed by atoms with E-state index >= 15 is 0 Å². The van der Waals surface area contributed by atoms with Crippen molar-refractivity contribution in [3.63, 3.8) is 0 Å². The van der Waals surface area contributed by atoms with E-state index in [1.165, 1.54) is 12.4 Å². The standard InChI is InChI=1S/C13H16FN3O/c1-10(8-11-4-2-3-5-12(11)14)15-7-6-13-16-9-17-18-13/h2-5,9-10,15H,6-8H2,1H3. The van der Waals surface area contributed by atoms with E-state index in [2.05, 4.69) is 15.5 Å². The zero-order chi connectivity index (χ0) is 12.8. The summed E-state index contributed by atoms with van der Waals surface area (Å²) in [4.78, 5) is 3.93. The van der Waals surface area contributed by atoms with Crippen LogP contribution < -0.4 is 5.32 Å². The van der Waals surface area contributed by atoms with E-state index in [4.69, 9.17) is 4.52 Å². The second-order valence-electron chi connectivity index (χ2n) is 4.24. The maximum atomic E-state index is 13.4. The number of benzene rings is 1. The number of rotatable bonds is 6. The molecule has 1 aromatic heterocycles.